The monoisotopic (exact) mass is 379 g/mol. The number of esters is 1. The maximum Gasteiger partial charge on any atom is 0.328 e. The average molecular weight is 379 g/mol. The Labute approximate surface area is 157 Å². The maximum absolute atomic E-state index is 12.5. The molecule has 0 saturated heterocycles. The molecule has 0 aromatic heterocycles. The summed E-state index contributed by atoms with van der Waals surface area (Å²) in [6.45, 7) is 0.296. The molecule has 0 bridgehead atoms. The molecule has 0 aliphatic rings. The number of hydrogen-bond acceptors (Lipinski definition) is 6. The predicted molar refractivity (Wildman–Crippen MR) is 96.6 cm³/mol. The summed E-state index contributed by atoms with van der Waals surface area (Å²) in [6, 6.07) is 6.64. The Morgan fingerprint density at radius 3 is 2.33 bits per heavy atom. The molecule has 1 aromatic rings. The molecule has 0 radical (unpaired) electrons. The van der Waals surface area contributed by atoms with Crippen molar-refractivity contribution in [3.05, 3.63) is 35.9 Å². The number of aliphatic carboxylic acids is 1. The Morgan fingerprint density at radius 2 is 1.78 bits per heavy atom. The zero-order valence-electron chi connectivity index (χ0n) is 15.1. The van der Waals surface area contributed by atoms with Gasteiger partial charge >= 0.3 is 11.9 Å². The average Bonchev–Trinajstić information content (AvgIpc) is 2.65. The van der Waals surface area contributed by atoms with Crippen LogP contribution in [0.3, 0.4) is 0 Å². The molecule has 0 aliphatic carbocycles. The van der Waals surface area contributed by atoms with E-state index in [9.17, 15) is 19.2 Å². The number of nitrogens with two attached hydrogens (primary N) is 1. The van der Waals surface area contributed by atoms with Crippen molar-refractivity contribution in [2.45, 2.75) is 37.8 Å². The Hall–Kier alpha value is -2.94. The number of rotatable bonds is 11. The van der Waals surface area contributed by atoms with Gasteiger partial charge in [0, 0.05) is 12.8 Å². The zero-order valence-corrected chi connectivity index (χ0v) is 15.1. The molecule has 27 heavy (non-hydrogen) atoms. The molecule has 0 spiro atoms. The van der Waals surface area contributed by atoms with Crippen molar-refractivity contribution in [1.82, 2.24) is 10.6 Å². The SMILES string of the molecule is COC(=O)[C@H](Cc1ccccc1)NC(=O)[C@@H](CC(=O)O)NC(=O)CCCN. The molecule has 148 valence electrons. The first kappa shape index (κ1) is 22.1. The summed E-state index contributed by atoms with van der Waals surface area (Å²) in [7, 11) is 1.19. The van der Waals surface area contributed by atoms with Crippen molar-refractivity contribution in [2.24, 2.45) is 5.73 Å². The van der Waals surface area contributed by atoms with Crippen LogP contribution in [0.15, 0.2) is 30.3 Å². The van der Waals surface area contributed by atoms with Crippen LogP contribution in [0.2, 0.25) is 0 Å². The molecule has 2 atom stereocenters. The van der Waals surface area contributed by atoms with Gasteiger partial charge in [0.1, 0.15) is 12.1 Å². The van der Waals surface area contributed by atoms with Crippen molar-refractivity contribution in [3.63, 3.8) is 0 Å². The van der Waals surface area contributed by atoms with Crippen LogP contribution in [-0.2, 0) is 30.3 Å². The molecule has 5 N–H and O–H groups in total. The van der Waals surface area contributed by atoms with Gasteiger partial charge in [-0.3, -0.25) is 14.4 Å². The summed E-state index contributed by atoms with van der Waals surface area (Å²) in [6.07, 6.45) is 0.0377. The second-order valence-electron chi connectivity index (χ2n) is 5.88. The molecular weight excluding hydrogens is 354 g/mol. The van der Waals surface area contributed by atoms with Gasteiger partial charge in [0.05, 0.1) is 13.5 Å². The van der Waals surface area contributed by atoms with Crippen LogP contribution in [0, 0.1) is 0 Å². The summed E-state index contributed by atoms with van der Waals surface area (Å²) in [5, 5.41) is 13.8. The highest BCUT2D eigenvalue weighted by Crippen LogP contribution is 2.06. The zero-order chi connectivity index (χ0) is 20.2. The molecular formula is C18H25N3O6. The molecule has 1 aromatic carbocycles. The Kier molecular flexibility index (Phi) is 9.52. The molecule has 0 unspecified atom stereocenters. The number of benzene rings is 1. The van der Waals surface area contributed by atoms with E-state index in [-0.39, 0.29) is 12.8 Å². The standard InChI is InChI=1S/C18H25N3O6/c1-27-18(26)14(10-12-6-3-2-4-7-12)21-17(25)13(11-16(23)24)20-15(22)8-5-9-19/h2-4,6-7,13-14H,5,8-11,19H2,1H3,(H,20,22)(H,21,25)(H,23,24)/t13-,14+/m1/s1. The molecule has 1 rings (SSSR count). The summed E-state index contributed by atoms with van der Waals surface area (Å²) in [5.41, 5.74) is 6.12. The largest absolute Gasteiger partial charge is 0.481 e. The summed E-state index contributed by atoms with van der Waals surface area (Å²) in [4.78, 5) is 47.4. The van der Waals surface area contributed by atoms with Crippen LogP contribution >= 0.6 is 0 Å². The second kappa shape index (κ2) is 11.6. The van der Waals surface area contributed by atoms with Gasteiger partial charge in [0.2, 0.25) is 11.8 Å². The number of hydrogen-bond donors (Lipinski definition) is 4. The minimum Gasteiger partial charge on any atom is -0.481 e. The van der Waals surface area contributed by atoms with Crippen LogP contribution in [0.1, 0.15) is 24.8 Å². The van der Waals surface area contributed by atoms with E-state index in [0.29, 0.717) is 13.0 Å². The second-order valence-corrected chi connectivity index (χ2v) is 5.88. The highest BCUT2D eigenvalue weighted by molar-refractivity contribution is 5.93. The quantitative estimate of drug-likeness (QED) is 0.382. The van der Waals surface area contributed by atoms with Gasteiger partial charge in [-0.2, -0.15) is 0 Å². The number of methoxy groups -OCH3 is 1. The van der Waals surface area contributed by atoms with E-state index in [4.69, 9.17) is 15.6 Å². The van der Waals surface area contributed by atoms with Gasteiger partial charge in [-0.05, 0) is 18.5 Å². The third-order valence-electron chi connectivity index (χ3n) is 3.72. The van der Waals surface area contributed by atoms with Crippen molar-refractivity contribution < 1.29 is 29.0 Å². The third-order valence-corrected chi connectivity index (χ3v) is 3.72. The minimum atomic E-state index is -1.31. The number of carbonyl (C=O) groups excluding carboxylic acids is 3. The molecule has 0 heterocycles. The van der Waals surface area contributed by atoms with Gasteiger partial charge in [-0.25, -0.2) is 4.79 Å². The smallest absolute Gasteiger partial charge is 0.328 e. The molecule has 9 heteroatoms. The van der Waals surface area contributed by atoms with E-state index in [1.807, 2.05) is 6.07 Å². The third kappa shape index (κ3) is 8.32. The first-order valence-electron chi connectivity index (χ1n) is 8.50. The van der Waals surface area contributed by atoms with Gasteiger partial charge in [-0.15, -0.1) is 0 Å². The summed E-state index contributed by atoms with van der Waals surface area (Å²) < 4.78 is 4.71. The van der Waals surface area contributed by atoms with Crippen molar-refractivity contribution in [2.75, 3.05) is 13.7 Å². The van der Waals surface area contributed by atoms with Crippen LogP contribution in [-0.4, -0.2) is 54.6 Å². The van der Waals surface area contributed by atoms with Crippen LogP contribution < -0.4 is 16.4 Å². The van der Waals surface area contributed by atoms with E-state index >= 15 is 0 Å². The molecule has 2 amide bonds. The molecule has 0 saturated carbocycles. The summed E-state index contributed by atoms with van der Waals surface area (Å²) in [5.74, 6) is -3.19. The highest BCUT2D eigenvalue weighted by Gasteiger charge is 2.28. The number of amides is 2. The van der Waals surface area contributed by atoms with Gasteiger partial charge in [0.25, 0.3) is 0 Å². The number of carboxylic acids is 1. The maximum atomic E-state index is 12.5. The Balaban J connectivity index is 2.84. The number of nitrogens with one attached hydrogen (secondary N) is 2. The summed E-state index contributed by atoms with van der Waals surface area (Å²) >= 11 is 0. The van der Waals surface area contributed by atoms with Crippen LogP contribution in [0.25, 0.3) is 0 Å². The van der Waals surface area contributed by atoms with E-state index in [0.717, 1.165) is 5.56 Å². The highest BCUT2D eigenvalue weighted by atomic mass is 16.5. The van der Waals surface area contributed by atoms with Gasteiger partial charge in [-0.1, -0.05) is 30.3 Å². The number of carboxylic acid groups (broad SMARTS) is 1. The van der Waals surface area contributed by atoms with E-state index in [2.05, 4.69) is 10.6 Å². The van der Waals surface area contributed by atoms with E-state index in [1.54, 1.807) is 24.3 Å². The number of ether oxygens (including phenoxy) is 1. The van der Waals surface area contributed by atoms with Crippen molar-refractivity contribution in [1.29, 1.82) is 0 Å². The lowest BCUT2D eigenvalue weighted by Gasteiger charge is -2.21. The van der Waals surface area contributed by atoms with E-state index in [1.165, 1.54) is 7.11 Å². The van der Waals surface area contributed by atoms with Crippen molar-refractivity contribution >= 4 is 23.8 Å². The topological polar surface area (TPSA) is 148 Å². The normalized spacial score (nSPS) is 12.5. The fraction of sp³-hybridized carbons (Fsp3) is 0.444. The van der Waals surface area contributed by atoms with Crippen LogP contribution in [0.4, 0.5) is 0 Å². The van der Waals surface area contributed by atoms with Crippen molar-refractivity contribution in [3.8, 4) is 0 Å². The minimum absolute atomic E-state index is 0.0738. The fourth-order valence-corrected chi connectivity index (χ4v) is 2.37. The fourth-order valence-electron chi connectivity index (χ4n) is 2.37. The first-order valence-corrected chi connectivity index (χ1v) is 8.50. The molecule has 9 nitrogen and oxygen atoms in total. The van der Waals surface area contributed by atoms with E-state index < -0.39 is 42.3 Å². The Morgan fingerprint density at radius 1 is 1.11 bits per heavy atom. The molecule has 0 fully saturated rings. The Bertz CT molecular complexity index is 650. The molecule has 0 aliphatic heterocycles. The number of carbonyl (C=O) groups is 4. The lowest BCUT2D eigenvalue weighted by Crippen LogP contribution is -2.53. The predicted octanol–water partition coefficient (Wildman–Crippen LogP) is -0.415. The lowest BCUT2D eigenvalue weighted by molar-refractivity contribution is -0.145. The van der Waals surface area contributed by atoms with Crippen LogP contribution in [0.5, 0.6) is 0 Å². The van der Waals surface area contributed by atoms with Gasteiger partial charge < -0.3 is 26.2 Å². The van der Waals surface area contributed by atoms with Gasteiger partial charge in [0.15, 0.2) is 0 Å². The first-order chi connectivity index (χ1) is 12.9. The lowest BCUT2D eigenvalue weighted by atomic mass is 10.0.